The summed E-state index contributed by atoms with van der Waals surface area (Å²) in [7, 11) is 1.62. The van der Waals surface area contributed by atoms with Crippen molar-refractivity contribution in [2.75, 3.05) is 13.4 Å². The van der Waals surface area contributed by atoms with Crippen molar-refractivity contribution >= 4 is 17.4 Å². The van der Waals surface area contributed by atoms with Gasteiger partial charge in [0.2, 0.25) is 0 Å². The molecule has 0 saturated carbocycles. The van der Waals surface area contributed by atoms with Crippen LogP contribution in [0.2, 0.25) is 0 Å². The van der Waals surface area contributed by atoms with Crippen molar-refractivity contribution < 1.29 is 4.74 Å². The van der Waals surface area contributed by atoms with Gasteiger partial charge in [0, 0.05) is 11.6 Å². The first-order chi connectivity index (χ1) is 9.71. The number of ether oxygens (including phenoxy) is 1. The first-order valence-corrected chi connectivity index (χ1v) is 7.12. The number of H-pyrrole nitrogens is 1. The quantitative estimate of drug-likeness (QED) is 0.744. The lowest BCUT2D eigenvalue weighted by Gasteiger charge is -1.99. The first-order valence-electron chi connectivity index (χ1n) is 5.90. The van der Waals surface area contributed by atoms with E-state index in [0.717, 1.165) is 11.3 Å². The minimum Gasteiger partial charge on any atom is -0.497 e. The Kier molecular flexibility index (Phi) is 3.19. The third-order valence-corrected chi connectivity index (χ3v) is 3.47. The zero-order valence-electron chi connectivity index (χ0n) is 11.0. The van der Waals surface area contributed by atoms with Crippen molar-refractivity contribution in [1.82, 2.24) is 19.6 Å². The molecule has 20 heavy (non-hydrogen) atoms. The van der Waals surface area contributed by atoms with Gasteiger partial charge in [-0.3, -0.25) is 4.98 Å². The van der Waals surface area contributed by atoms with Crippen molar-refractivity contribution in [1.29, 1.82) is 0 Å². The molecule has 0 aliphatic carbocycles. The van der Waals surface area contributed by atoms with Gasteiger partial charge in [0.1, 0.15) is 5.75 Å². The Morgan fingerprint density at radius 1 is 1.30 bits per heavy atom. The SMILES string of the molecule is COc1ccc(-c2cc3nc(SC)[nH]c(=O)n3n2)cc1. The summed E-state index contributed by atoms with van der Waals surface area (Å²) < 4.78 is 6.38. The monoisotopic (exact) mass is 288 g/mol. The predicted molar refractivity (Wildman–Crippen MR) is 77.4 cm³/mol. The number of hydrogen-bond acceptors (Lipinski definition) is 5. The number of aromatic nitrogens is 4. The van der Waals surface area contributed by atoms with E-state index in [1.165, 1.54) is 16.3 Å². The summed E-state index contributed by atoms with van der Waals surface area (Å²) in [5.74, 6) is 0.776. The molecule has 0 atom stereocenters. The minimum atomic E-state index is -0.292. The van der Waals surface area contributed by atoms with Gasteiger partial charge in [-0.2, -0.15) is 9.61 Å². The van der Waals surface area contributed by atoms with Crippen LogP contribution in [0.5, 0.6) is 5.75 Å². The second kappa shape index (κ2) is 5.01. The Balaban J connectivity index is 2.12. The summed E-state index contributed by atoms with van der Waals surface area (Å²) in [4.78, 5) is 18.9. The van der Waals surface area contributed by atoms with E-state index >= 15 is 0 Å². The number of nitrogens with zero attached hydrogens (tertiary/aromatic N) is 3. The Bertz CT molecular complexity index is 807. The van der Waals surface area contributed by atoms with Crippen LogP contribution in [0, 0.1) is 0 Å². The lowest BCUT2D eigenvalue weighted by Crippen LogP contribution is -2.19. The fourth-order valence-electron chi connectivity index (χ4n) is 1.88. The van der Waals surface area contributed by atoms with Gasteiger partial charge >= 0.3 is 5.69 Å². The number of rotatable bonds is 3. The Hall–Kier alpha value is -2.28. The van der Waals surface area contributed by atoms with E-state index in [2.05, 4.69) is 15.1 Å². The van der Waals surface area contributed by atoms with E-state index in [4.69, 9.17) is 4.74 Å². The van der Waals surface area contributed by atoms with E-state index in [9.17, 15) is 4.79 Å². The van der Waals surface area contributed by atoms with Gasteiger partial charge < -0.3 is 4.74 Å². The van der Waals surface area contributed by atoms with Gasteiger partial charge in [0.05, 0.1) is 12.8 Å². The van der Waals surface area contributed by atoms with E-state index < -0.39 is 0 Å². The maximum atomic E-state index is 11.9. The fraction of sp³-hybridized carbons (Fsp3) is 0.154. The van der Waals surface area contributed by atoms with Crippen LogP contribution in [-0.2, 0) is 0 Å². The van der Waals surface area contributed by atoms with Crippen LogP contribution in [0.4, 0.5) is 0 Å². The average Bonchev–Trinajstić information content (AvgIpc) is 2.92. The molecule has 7 heteroatoms. The standard InChI is InChI=1S/C13H12N4O2S/c1-19-9-5-3-8(4-6-9)10-7-11-14-12(20-2)15-13(18)17(11)16-10/h3-7H,1-2H3,(H,14,15,18). The zero-order valence-corrected chi connectivity index (χ0v) is 11.8. The van der Waals surface area contributed by atoms with Crippen LogP contribution >= 0.6 is 11.8 Å². The molecule has 1 aromatic carbocycles. The Morgan fingerprint density at radius 3 is 2.70 bits per heavy atom. The van der Waals surface area contributed by atoms with Crippen molar-refractivity contribution in [2.45, 2.75) is 5.16 Å². The Labute approximate surface area is 118 Å². The van der Waals surface area contributed by atoms with Gasteiger partial charge in [-0.15, -0.1) is 0 Å². The highest BCUT2D eigenvalue weighted by Gasteiger charge is 2.09. The molecular weight excluding hydrogens is 276 g/mol. The normalized spacial score (nSPS) is 10.9. The highest BCUT2D eigenvalue weighted by atomic mass is 32.2. The molecule has 0 unspecified atom stereocenters. The molecule has 0 saturated heterocycles. The third-order valence-electron chi connectivity index (χ3n) is 2.89. The zero-order chi connectivity index (χ0) is 14.1. The average molecular weight is 288 g/mol. The smallest absolute Gasteiger partial charge is 0.350 e. The molecule has 0 fully saturated rings. The van der Waals surface area contributed by atoms with Crippen LogP contribution in [0.3, 0.4) is 0 Å². The van der Waals surface area contributed by atoms with Crippen molar-refractivity contribution in [3.63, 3.8) is 0 Å². The van der Waals surface area contributed by atoms with Crippen LogP contribution in [0.15, 0.2) is 40.3 Å². The van der Waals surface area contributed by atoms with Crippen LogP contribution in [0.1, 0.15) is 0 Å². The summed E-state index contributed by atoms with van der Waals surface area (Å²) in [5, 5.41) is 4.85. The molecule has 2 aromatic heterocycles. The van der Waals surface area contributed by atoms with Gasteiger partial charge in [-0.05, 0) is 30.5 Å². The lowest BCUT2D eigenvalue weighted by molar-refractivity contribution is 0.415. The highest BCUT2D eigenvalue weighted by molar-refractivity contribution is 7.98. The molecule has 6 nitrogen and oxygen atoms in total. The second-order valence-electron chi connectivity index (χ2n) is 4.08. The topological polar surface area (TPSA) is 72.3 Å². The molecule has 0 bridgehead atoms. The summed E-state index contributed by atoms with van der Waals surface area (Å²) >= 11 is 1.38. The molecule has 0 radical (unpaired) electrons. The number of aromatic amines is 1. The lowest BCUT2D eigenvalue weighted by atomic mass is 10.1. The largest absolute Gasteiger partial charge is 0.497 e. The van der Waals surface area contributed by atoms with Crippen LogP contribution in [0.25, 0.3) is 16.9 Å². The molecular formula is C13H12N4O2S. The van der Waals surface area contributed by atoms with Gasteiger partial charge in [-0.1, -0.05) is 11.8 Å². The fourth-order valence-corrected chi connectivity index (χ4v) is 2.25. The summed E-state index contributed by atoms with van der Waals surface area (Å²) in [5.41, 5.74) is 1.84. The molecule has 3 rings (SSSR count). The predicted octanol–water partition coefficient (Wildman–Crippen LogP) is 1.82. The molecule has 3 aromatic rings. The third kappa shape index (κ3) is 2.16. The molecule has 0 aliphatic heterocycles. The summed E-state index contributed by atoms with van der Waals surface area (Å²) in [6.45, 7) is 0. The maximum absolute atomic E-state index is 11.9. The number of benzene rings is 1. The van der Waals surface area contributed by atoms with Gasteiger partial charge in [0.25, 0.3) is 0 Å². The maximum Gasteiger partial charge on any atom is 0.350 e. The van der Waals surface area contributed by atoms with Crippen LogP contribution < -0.4 is 10.4 Å². The van der Waals surface area contributed by atoms with Gasteiger partial charge in [-0.25, -0.2) is 9.78 Å². The minimum absolute atomic E-state index is 0.292. The summed E-state index contributed by atoms with van der Waals surface area (Å²) in [6, 6.07) is 9.28. The first kappa shape index (κ1) is 12.7. The van der Waals surface area contributed by atoms with E-state index in [1.807, 2.05) is 30.5 Å². The van der Waals surface area contributed by atoms with E-state index in [1.54, 1.807) is 13.2 Å². The summed E-state index contributed by atoms with van der Waals surface area (Å²) in [6.07, 6.45) is 1.86. The molecule has 0 aliphatic rings. The number of thioether (sulfide) groups is 1. The second-order valence-corrected chi connectivity index (χ2v) is 4.87. The molecule has 0 amide bonds. The Morgan fingerprint density at radius 2 is 2.05 bits per heavy atom. The van der Waals surface area contributed by atoms with Crippen molar-refractivity contribution in [3.8, 4) is 17.0 Å². The number of fused-ring (bicyclic) bond motifs is 1. The molecule has 102 valence electrons. The molecule has 2 heterocycles. The van der Waals surface area contributed by atoms with Crippen molar-refractivity contribution in [3.05, 3.63) is 40.8 Å². The van der Waals surface area contributed by atoms with Crippen molar-refractivity contribution in [2.24, 2.45) is 0 Å². The number of nitrogens with one attached hydrogen (secondary N) is 1. The highest BCUT2D eigenvalue weighted by Crippen LogP contribution is 2.21. The van der Waals surface area contributed by atoms with Gasteiger partial charge in [0.15, 0.2) is 10.8 Å². The number of hydrogen-bond donors (Lipinski definition) is 1. The van der Waals surface area contributed by atoms with Crippen LogP contribution in [-0.4, -0.2) is 32.9 Å². The van der Waals surface area contributed by atoms with E-state index in [-0.39, 0.29) is 5.69 Å². The molecule has 1 N–H and O–H groups in total. The number of methoxy groups -OCH3 is 1. The van der Waals surface area contributed by atoms with E-state index in [0.29, 0.717) is 16.5 Å². The molecule has 0 spiro atoms.